The number of fused-ring (bicyclic) bond motifs is 6. The molecule has 3 aliphatic carbocycles. The number of rotatable bonds is 12. The molecule has 0 spiro atoms. The maximum absolute atomic E-state index is 6.18. The Morgan fingerprint density at radius 1 is 0.487 bits per heavy atom. The van der Waals surface area contributed by atoms with Gasteiger partial charge in [-0.3, -0.25) is 0 Å². The second kappa shape index (κ2) is 19.4. The van der Waals surface area contributed by atoms with Crippen LogP contribution in [0.5, 0.6) is 11.8 Å². The molecule has 3 aliphatic rings. The van der Waals surface area contributed by atoms with Gasteiger partial charge in [-0.2, -0.15) is 24.9 Å². The molecule has 0 radical (unpaired) electrons. The third-order valence-corrected chi connectivity index (χ3v) is 14.6. The predicted molar refractivity (Wildman–Crippen MR) is 296 cm³/mol. The van der Waals surface area contributed by atoms with Crippen molar-refractivity contribution in [2.45, 2.75) is 137 Å². The summed E-state index contributed by atoms with van der Waals surface area (Å²) >= 11 is 0. The molecule has 3 saturated carbocycles. The molecule has 3 fully saturated rings. The van der Waals surface area contributed by atoms with E-state index >= 15 is 0 Å². The predicted octanol–water partition coefficient (Wildman–Crippen LogP) is 13.4. The van der Waals surface area contributed by atoms with Crippen LogP contribution in [0.2, 0.25) is 0 Å². The van der Waals surface area contributed by atoms with Crippen LogP contribution in [0.3, 0.4) is 0 Å². The number of hydrogen-bond acceptors (Lipinski definition) is 16. The number of aromatic nitrogens is 13. The van der Waals surface area contributed by atoms with E-state index in [1.807, 2.05) is 97.0 Å². The van der Waals surface area contributed by atoms with Crippen molar-refractivity contribution in [3.05, 3.63) is 137 Å². The van der Waals surface area contributed by atoms with Gasteiger partial charge in [0.2, 0.25) is 28.9 Å². The van der Waals surface area contributed by atoms with Gasteiger partial charge in [0, 0.05) is 12.1 Å². The highest BCUT2D eigenvalue weighted by Gasteiger charge is 2.28. The summed E-state index contributed by atoms with van der Waals surface area (Å²) < 4.78 is 35.8. The van der Waals surface area contributed by atoms with Crippen LogP contribution in [0.15, 0.2) is 98.7 Å². The first-order valence-electron chi connectivity index (χ1n) is 26.9. The van der Waals surface area contributed by atoms with E-state index in [0.29, 0.717) is 64.5 Å². The lowest BCUT2D eigenvalue weighted by atomic mass is 10.1. The van der Waals surface area contributed by atoms with Gasteiger partial charge in [0.1, 0.15) is 69.1 Å². The van der Waals surface area contributed by atoms with E-state index in [1.54, 1.807) is 0 Å². The topological polar surface area (TPSA) is 214 Å². The van der Waals surface area contributed by atoms with Gasteiger partial charge in [0.15, 0.2) is 0 Å². The highest BCUT2D eigenvalue weighted by Crippen LogP contribution is 2.40. The summed E-state index contributed by atoms with van der Waals surface area (Å²) in [6, 6.07) is 26.7. The number of benzene rings is 3. The molecule has 12 aromatic rings. The fourth-order valence-corrected chi connectivity index (χ4v) is 10.1. The zero-order valence-corrected chi connectivity index (χ0v) is 45.1. The van der Waals surface area contributed by atoms with Gasteiger partial charge >= 0.3 is 0 Å². The van der Waals surface area contributed by atoms with Crippen LogP contribution in [-0.2, 0) is 0 Å². The number of nitrogens with zero attached hydrogens (tertiary/aromatic N) is 13. The Kier molecular flexibility index (Phi) is 12.1. The number of anilines is 1. The minimum absolute atomic E-state index is 0.0955. The molecular weight excluding hydrogens is 985 g/mol. The molecule has 3 atom stereocenters. The van der Waals surface area contributed by atoms with Crippen LogP contribution in [0.25, 0.3) is 66.4 Å². The van der Waals surface area contributed by atoms with Gasteiger partial charge in [0.25, 0.3) is 0 Å². The van der Waals surface area contributed by atoms with E-state index < -0.39 is 0 Å². The average Bonchev–Trinajstić information content (AvgIpc) is 4.40. The van der Waals surface area contributed by atoms with Crippen LogP contribution in [0.1, 0.15) is 147 Å². The minimum Gasteiger partial charge on any atom is -0.469 e. The molecule has 0 aliphatic heterocycles. The number of aryl methyl sites for hydroxylation is 6. The number of furan rings is 3. The highest BCUT2D eigenvalue weighted by molar-refractivity contribution is 5.87. The van der Waals surface area contributed by atoms with Crippen molar-refractivity contribution in [3.8, 4) is 11.8 Å². The number of hydrogen-bond donors (Lipinski definition) is 1. The van der Waals surface area contributed by atoms with Gasteiger partial charge < -0.3 is 37.2 Å². The smallest absolute Gasteiger partial charge is 0.233 e. The molecule has 9 aromatic heterocycles. The fourth-order valence-electron chi connectivity index (χ4n) is 10.1. The maximum Gasteiger partial charge on any atom is 0.233 e. The Balaban J connectivity index is 0.000000111. The molecule has 15 rings (SSSR count). The number of ether oxygens (including phenoxy) is 2. The van der Waals surface area contributed by atoms with E-state index in [0.717, 1.165) is 72.5 Å². The van der Waals surface area contributed by atoms with Crippen molar-refractivity contribution in [2.75, 3.05) is 5.32 Å². The van der Waals surface area contributed by atoms with E-state index in [9.17, 15) is 0 Å². The van der Waals surface area contributed by atoms with E-state index in [4.69, 9.17) is 22.7 Å². The van der Waals surface area contributed by atoms with Gasteiger partial charge in [-0.15, -0.1) is 5.10 Å². The highest BCUT2D eigenvalue weighted by atomic mass is 16.5. The molecular formula is C59H60N14O5. The third kappa shape index (κ3) is 9.72. The number of nitrogens with one attached hydrogen (secondary N) is 1. The summed E-state index contributed by atoms with van der Waals surface area (Å²) in [5, 5.41) is 14.6. The zero-order valence-electron chi connectivity index (χ0n) is 45.1. The lowest BCUT2D eigenvalue weighted by molar-refractivity contribution is 0.220. The summed E-state index contributed by atoms with van der Waals surface area (Å²) in [5.41, 5.74) is 11.5. The van der Waals surface area contributed by atoms with Crippen molar-refractivity contribution in [1.82, 2.24) is 64.0 Å². The zero-order chi connectivity index (χ0) is 53.5. The molecule has 1 N–H and O–H groups in total. The van der Waals surface area contributed by atoms with E-state index in [2.05, 4.69) is 120 Å². The van der Waals surface area contributed by atoms with Crippen molar-refractivity contribution in [3.63, 3.8) is 0 Å². The molecule has 396 valence electrons. The maximum atomic E-state index is 6.18. The third-order valence-electron chi connectivity index (χ3n) is 14.6. The van der Waals surface area contributed by atoms with Crippen LogP contribution >= 0.6 is 0 Å². The van der Waals surface area contributed by atoms with Crippen molar-refractivity contribution < 1.29 is 22.7 Å². The van der Waals surface area contributed by atoms with Crippen molar-refractivity contribution in [1.29, 1.82) is 0 Å². The average molecular weight is 1050 g/mol. The van der Waals surface area contributed by atoms with E-state index in [-0.39, 0.29) is 18.2 Å². The Morgan fingerprint density at radius 2 is 0.923 bits per heavy atom. The van der Waals surface area contributed by atoms with Crippen LogP contribution in [-0.4, -0.2) is 64.0 Å². The fraction of sp³-hybridized carbons (Fsp3) is 0.356. The monoisotopic (exact) mass is 1040 g/mol. The first-order valence-corrected chi connectivity index (χ1v) is 26.9. The molecule has 3 unspecified atom stereocenters. The first kappa shape index (κ1) is 48.9. The van der Waals surface area contributed by atoms with Crippen LogP contribution in [0, 0.1) is 41.5 Å². The summed E-state index contributed by atoms with van der Waals surface area (Å²) in [4.78, 5) is 35.7. The minimum atomic E-state index is -0.182. The van der Waals surface area contributed by atoms with Gasteiger partial charge in [-0.05, 0) is 172 Å². The van der Waals surface area contributed by atoms with Crippen LogP contribution in [0.4, 0.5) is 5.82 Å². The molecule has 19 heteroatoms. The van der Waals surface area contributed by atoms with Crippen molar-refractivity contribution >= 4 is 72.2 Å². The largest absolute Gasteiger partial charge is 0.469 e. The van der Waals surface area contributed by atoms with Crippen LogP contribution < -0.4 is 14.8 Å². The second-order valence-corrected chi connectivity index (χ2v) is 21.2. The van der Waals surface area contributed by atoms with E-state index in [1.165, 1.54) is 55.1 Å². The molecule has 19 nitrogen and oxygen atoms in total. The van der Waals surface area contributed by atoms with Gasteiger partial charge in [-0.1, -0.05) is 23.4 Å². The summed E-state index contributed by atoms with van der Waals surface area (Å²) in [5.74, 6) is 6.27. The Labute approximate surface area is 448 Å². The summed E-state index contributed by atoms with van der Waals surface area (Å²) in [6.45, 7) is 17.4. The van der Waals surface area contributed by atoms with Gasteiger partial charge in [0.05, 0.1) is 57.7 Å². The Hall–Kier alpha value is -8.74. The Morgan fingerprint density at radius 3 is 1.44 bits per heavy atom. The summed E-state index contributed by atoms with van der Waals surface area (Å²) in [6.07, 6.45) is 11.0. The van der Waals surface area contributed by atoms with Gasteiger partial charge in [-0.25, -0.2) is 19.6 Å². The lowest BCUT2D eigenvalue weighted by Crippen LogP contribution is -2.09. The summed E-state index contributed by atoms with van der Waals surface area (Å²) in [7, 11) is 0. The molecule has 3 aromatic carbocycles. The standard InChI is InChI=1S/C20H21N5O.C20H20N4O2.C19H19N5O2/c1-11-8-16-19(23-13(3)24-20(16)26-11)22-12(2)14-4-7-18-17(9-14)21-10-25(18)15-5-6-15;1-11-8-16-19(25-11)22-13(3)23-20(16)26-12(2)14-4-7-18-17(9-14)21-10-24(18)15-5-6-15;1-10-8-15-18(25-10)20-12(3)21-19(15)26-11(2)13-4-7-17-16(9-13)22-23-24(17)14-5-6-14/h4,7-10,12,15H,5-6H2,1-3H3,(H,22,23,24);4,7-10,12,15H,5-6H2,1-3H3;4,7-9,11,14H,5-6H2,1-3H3. The molecule has 0 bridgehead atoms. The number of imidazole rings is 2. The molecule has 9 heterocycles. The quantitative estimate of drug-likeness (QED) is 0.120. The first-order chi connectivity index (χ1) is 37.7. The molecule has 0 amide bonds. The Bertz CT molecular complexity index is 3800. The molecule has 0 saturated heterocycles. The normalized spacial score (nSPS) is 15.7. The SMILES string of the molecule is Cc1nc(NC(C)c2ccc3c(c2)ncn3C2CC2)c2cc(C)oc2n1.Cc1nc(OC(C)c2ccc3c(c2)ncn3C2CC2)c2cc(C)oc2n1.Cc1nc(OC(C)c2ccc3c(c2)nnn3C2CC2)c2cc(C)oc2n1. The van der Waals surface area contributed by atoms with Crippen molar-refractivity contribution in [2.24, 2.45) is 0 Å². The second-order valence-electron chi connectivity index (χ2n) is 21.2. The lowest BCUT2D eigenvalue weighted by Gasteiger charge is -2.16. The molecule has 78 heavy (non-hydrogen) atoms.